The average molecular weight is 499 g/mol. The Morgan fingerprint density at radius 3 is 2.69 bits per heavy atom. The number of para-hydroxylation sites is 1. The van der Waals surface area contributed by atoms with Crippen LogP contribution in [-0.4, -0.2) is 71.4 Å². The Balaban J connectivity index is 1.71. The van der Waals surface area contributed by atoms with Gasteiger partial charge in [0, 0.05) is 37.5 Å². The van der Waals surface area contributed by atoms with E-state index in [4.69, 9.17) is 4.74 Å². The van der Waals surface area contributed by atoms with Crippen molar-refractivity contribution in [3.8, 4) is 0 Å². The molecule has 3 rings (SSSR count). The second-order valence-corrected chi connectivity index (χ2v) is 9.18. The molecule has 8 nitrogen and oxygen atoms in total. The molecule has 9 heteroatoms. The summed E-state index contributed by atoms with van der Waals surface area (Å²) in [5.41, 5.74) is 1.34. The third-order valence-corrected chi connectivity index (χ3v) is 6.81. The summed E-state index contributed by atoms with van der Waals surface area (Å²) in [4.78, 5) is 47.5. The van der Waals surface area contributed by atoms with Crippen LogP contribution in [0.3, 0.4) is 0 Å². The number of nitrogens with zero attached hydrogens (tertiary/aromatic N) is 4. The number of amides is 2. The minimum Gasteiger partial charge on any atom is -0.466 e. The summed E-state index contributed by atoms with van der Waals surface area (Å²) in [6.45, 7) is 8.58. The fourth-order valence-electron chi connectivity index (χ4n) is 4.25. The van der Waals surface area contributed by atoms with Crippen LogP contribution in [-0.2, 0) is 19.1 Å². The Kier molecular flexibility index (Phi) is 9.98. The van der Waals surface area contributed by atoms with Crippen LogP contribution in [0.15, 0.2) is 41.8 Å². The summed E-state index contributed by atoms with van der Waals surface area (Å²) in [5, 5.41) is 2.36. The van der Waals surface area contributed by atoms with Gasteiger partial charge < -0.3 is 9.64 Å². The van der Waals surface area contributed by atoms with E-state index in [0.717, 1.165) is 31.6 Å². The summed E-state index contributed by atoms with van der Waals surface area (Å²) >= 11 is 1.34. The zero-order chi connectivity index (χ0) is 25.2. The van der Waals surface area contributed by atoms with Crippen molar-refractivity contribution in [1.82, 2.24) is 14.8 Å². The first-order valence-electron chi connectivity index (χ1n) is 12.1. The molecule has 0 aliphatic carbocycles. The van der Waals surface area contributed by atoms with Crippen molar-refractivity contribution in [1.29, 1.82) is 0 Å². The van der Waals surface area contributed by atoms with Gasteiger partial charge in [-0.15, -0.1) is 11.3 Å². The molecule has 1 aliphatic rings. The molecule has 1 aromatic heterocycles. The lowest BCUT2D eigenvalue weighted by Crippen LogP contribution is -2.43. The highest BCUT2D eigenvalue weighted by Gasteiger charge is 2.27. The van der Waals surface area contributed by atoms with Crippen LogP contribution in [0, 0.1) is 0 Å². The molecule has 0 N–H and O–H groups in total. The third-order valence-electron chi connectivity index (χ3n) is 5.97. The average Bonchev–Trinajstić information content (AvgIpc) is 3.50. The predicted octanol–water partition coefficient (Wildman–Crippen LogP) is 4.11. The molecular formula is C26H34N4O4S. The molecule has 1 atom stereocenters. The summed E-state index contributed by atoms with van der Waals surface area (Å²) in [5.74, 6) is -0.611. The topological polar surface area (TPSA) is 83.0 Å². The summed E-state index contributed by atoms with van der Waals surface area (Å²) in [6.07, 6.45) is 5.48. The number of carbonyl (C=O) groups excluding carboxylic acids is 3. The molecule has 0 saturated carbocycles. The second kappa shape index (κ2) is 13.2. The van der Waals surface area contributed by atoms with E-state index in [-0.39, 0.29) is 24.2 Å². The number of anilines is 2. The van der Waals surface area contributed by atoms with Crippen molar-refractivity contribution in [3.63, 3.8) is 0 Å². The van der Waals surface area contributed by atoms with E-state index in [0.29, 0.717) is 36.6 Å². The molecule has 1 aliphatic heterocycles. The summed E-state index contributed by atoms with van der Waals surface area (Å²) in [7, 11) is 0. The zero-order valence-corrected chi connectivity index (χ0v) is 21.5. The van der Waals surface area contributed by atoms with Gasteiger partial charge in [-0.2, -0.15) is 0 Å². The van der Waals surface area contributed by atoms with E-state index < -0.39 is 0 Å². The second-order valence-electron chi connectivity index (χ2n) is 8.34. The first-order valence-corrected chi connectivity index (χ1v) is 13.0. The van der Waals surface area contributed by atoms with Crippen molar-refractivity contribution in [2.75, 3.05) is 37.7 Å². The number of esters is 1. The summed E-state index contributed by atoms with van der Waals surface area (Å²) in [6, 6.07) is 9.63. The van der Waals surface area contributed by atoms with Crippen LogP contribution in [0.25, 0.3) is 6.08 Å². The van der Waals surface area contributed by atoms with E-state index in [1.54, 1.807) is 22.8 Å². The fourth-order valence-corrected chi connectivity index (χ4v) is 5.10. The Morgan fingerprint density at radius 2 is 2.00 bits per heavy atom. The van der Waals surface area contributed by atoms with Gasteiger partial charge in [-0.1, -0.05) is 25.1 Å². The molecule has 0 bridgehead atoms. The predicted molar refractivity (Wildman–Crippen MR) is 139 cm³/mol. The van der Waals surface area contributed by atoms with Crippen LogP contribution in [0.1, 0.15) is 45.7 Å². The van der Waals surface area contributed by atoms with Gasteiger partial charge in [-0.3, -0.25) is 24.2 Å². The van der Waals surface area contributed by atoms with Crippen LogP contribution in [0.2, 0.25) is 0 Å². The van der Waals surface area contributed by atoms with E-state index in [2.05, 4.69) is 16.8 Å². The molecule has 1 saturated heterocycles. The first-order chi connectivity index (χ1) is 16.9. The minimum absolute atomic E-state index is 0.140. The van der Waals surface area contributed by atoms with Crippen molar-refractivity contribution < 1.29 is 19.1 Å². The minimum atomic E-state index is -0.303. The maximum atomic E-state index is 13.1. The van der Waals surface area contributed by atoms with Gasteiger partial charge in [-0.05, 0) is 51.1 Å². The van der Waals surface area contributed by atoms with Gasteiger partial charge in [0.15, 0.2) is 5.13 Å². The molecule has 0 spiro atoms. The number of thiazole rings is 1. The van der Waals surface area contributed by atoms with E-state index in [1.807, 2.05) is 35.7 Å². The molecule has 1 fully saturated rings. The number of aromatic nitrogens is 1. The quantitative estimate of drug-likeness (QED) is 0.343. The number of rotatable bonds is 11. The largest absolute Gasteiger partial charge is 0.466 e. The monoisotopic (exact) mass is 498 g/mol. The Labute approximate surface area is 211 Å². The number of benzene rings is 1. The Hall–Kier alpha value is -3.04. The van der Waals surface area contributed by atoms with Gasteiger partial charge >= 0.3 is 5.97 Å². The smallest absolute Gasteiger partial charge is 0.307 e. The molecule has 0 radical (unpaired) electrons. The van der Waals surface area contributed by atoms with E-state index in [1.165, 1.54) is 24.3 Å². The number of hydrogen-bond donors (Lipinski definition) is 0. The third kappa shape index (κ3) is 7.47. The lowest BCUT2D eigenvalue weighted by atomic mass is 10.2. The molecule has 35 heavy (non-hydrogen) atoms. The molecule has 1 aromatic carbocycles. The molecule has 2 amide bonds. The standard InChI is InChI=1S/C26H34N4O4S/c1-4-28-16-9-12-23(28)18-29(17-15-25(33)34-5-2)24(32)14-13-21-19-35-26(27-21)30(20(3)31)22-10-7-6-8-11-22/h6-8,10-11,13-14,19,23H,4-5,9,12,15-18H2,1-3H3/b14-13+. The van der Waals surface area contributed by atoms with E-state index >= 15 is 0 Å². The number of ether oxygens (including phenoxy) is 1. The van der Waals surface area contributed by atoms with Gasteiger partial charge in [0.25, 0.3) is 0 Å². The maximum Gasteiger partial charge on any atom is 0.307 e. The van der Waals surface area contributed by atoms with Gasteiger partial charge in [-0.25, -0.2) is 4.98 Å². The number of likely N-dealkylation sites (tertiary alicyclic amines) is 1. The first kappa shape index (κ1) is 26.6. The van der Waals surface area contributed by atoms with Crippen molar-refractivity contribution in [2.45, 2.75) is 46.1 Å². The van der Waals surface area contributed by atoms with Crippen molar-refractivity contribution in [3.05, 3.63) is 47.5 Å². The van der Waals surface area contributed by atoms with Crippen LogP contribution in [0.5, 0.6) is 0 Å². The molecule has 188 valence electrons. The lowest BCUT2D eigenvalue weighted by molar-refractivity contribution is -0.143. The highest BCUT2D eigenvalue weighted by atomic mass is 32.1. The maximum absolute atomic E-state index is 13.1. The normalized spacial score (nSPS) is 15.9. The van der Waals surface area contributed by atoms with Gasteiger partial charge in [0.2, 0.25) is 11.8 Å². The van der Waals surface area contributed by atoms with Crippen molar-refractivity contribution >= 4 is 46.0 Å². The van der Waals surface area contributed by atoms with Gasteiger partial charge in [0.05, 0.1) is 24.4 Å². The fraction of sp³-hybridized carbons (Fsp3) is 0.462. The Bertz CT molecular complexity index is 1020. The van der Waals surface area contributed by atoms with Crippen molar-refractivity contribution in [2.24, 2.45) is 0 Å². The van der Waals surface area contributed by atoms with Crippen LogP contribution >= 0.6 is 11.3 Å². The number of carbonyl (C=O) groups is 3. The van der Waals surface area contributed by atoms with Gasteiger partial charge in [0.1, 0.15) is 0 Å². The van der Waals surface area contributed by atoms with E-state index in [9.17, 15) is 14.4 Å². The SMILES string of the molecule is CCOC(=O)CCN(CC1CCCN1CC)C(=O)/C=C/c1csc(N(C(C)=O)c2ccccc2)n1. The Morgan fingerprint density at radius 1 is 1.23 bits per heavy atom. The lowest BCUT2D eigenvalue weighted by Gasteiger charge is -2.29. The summed E-state index contributed by atoms with van der Waals surface area (Å²) < 4.78 is 5.05. The molecule has 2 heterocycles. The van der Waals surface area contributed by atoms with Crippen LogP contribution < -0.4 is 4.90 Å². The highest BCUT2D eigenvalue weighted by Crippen LogP contribution is 2.29. The number of likely N-dealkylation sites (N-methyl/N-ethyl adjacent to an activating group) is 1. The molecule has 2 aromatic rings. The number of hydrogen-bond acceptors (Lipinski definition) is 7. The molecule has 1 unspecified atom stereocenters. The van der Waals surface area contributed by atoms with Crippen LogP contribution in [0.4, 0.5) is 10.8 Å². The molecular weight excluding hydrogens is 464 g/mol. The zero-order valence-electron chi connectivity index (χ0n) is 20.7. The highest BCUT2D eigenvalue weighted by molar-refractivity contribution is 7.14.